The zero-order chi connectivity index (χ0) is 17.2. The molecule has 3 aromatic carbocycles. The van der Waals surface area contributed by atoms with E-state index in [4.69, 9.17) is 0 Å². The number of hydrogen-bond acceptors (Lipinski definition) is 1. The lowest BCUT2D eigenvalue weighted by molar-refractivity contribution is 0.112. The highest BCUT2D eigenvalue weighted by Gasteiger charge is 2.12. The predicted octanol–water partition coefficient (Wildman–Crippen LogP) is 5.03. The van der Waals surface area contributed by atoms with Crippen LogP contribution in [-0.2, 0) is 6.54 Å². The van der Waals surface area contributed by atoms with Gasteiger partial charge in [-0.3, -0.25) is 4.79 Å². The number of rotatable bonds is 2. The van der Waals surface area contributed by atoms with Gasteiger partial charge < -0.3 is 4.57 Å². The smallest absolute Gasteiger partial charge is 0.151 e. The Morgan fingerprint density at radius 2 is 1.64 bits per heavy atom. The van der Waals surface area contributed by atoms with Gasteiger partial charge in [-0.1, -0.05) is 48.2 Å². The van der Waals surface area contributed by atoms with E-state index in [0.717, 1.165) is 34.9 Å². The molecular weight excluding hydrogens is 306 g/mol. The van der Waals surface area contributed by atoms with Gasteiger partial charge in [0.1, 0.15) is 0 Å². The van der Waals surface area contributed by atoms with Crippen molar-refractivity contribution in [2.45, 2.75) is 13.5 Å². The molecule has 0 saturated heterocycles. The van der Waals surface area contributed by atoms with Crippen LogP contribution in [0, 0.1) is 11.8 Å². The van der Waals surface area contributed by atoms with Crippen LogP contribution in [0.5, 0.6) is 0 Å². The van der Waals surface area contributed by atoms with Gasteiger partial charge in [-0.2, -0.15) is 0 Å². The van der Waals surface area contributed by atoms with Crippen LogP contribution in [0.2, 0.25) is 0 Å². The molecule has 0 bridgehead atoms. The highest BCUT2D eigenvalue weighted by atomic mass is 16.1. The fourth-order valence-electron chi connectivity index (χ4n) is 3.32. The molecule has 4 aromatic rings. The van der Waals surface area contributed by atoms with Crippen molar-refractivity contribution in [1.82, 2.24) is 4.57 Å². The van der Waals surface area contributed by atoms with Crippen molar-refractivity contribution in [3.05, 3.63) is 83.4 Å². The second-order valence-corrected chi connectivity index (χ2v) is 5.95. The van der Waals surface area contributed by atoms with Gasteiger partial charge in [-0.05, 0) is 37.3 Å². The molecule has 0 aliphatic rings. The van der Waals surface area contributed by atoms with Crippen molar-refractivity contribution in [2.75, 3.05) is 0 Å². The largest absolute Gasteiger partial charge is 0.341 e. The van der Waals surface area contributed by atoms with E-state index in [9.17, 15) is 4.79 Å². The van der Waals surface area contributed by atoms with Crippen LogP contribution < -0.4 is 0 Å². The fourth-order valence-corrected chi connectivity index (χ4v) is 3.32. The van der Waals surface area contributed by atoms with Crippen molar-refractivity contribution in [3.8, 4) is 11.8 Å². The number of hydrogen-bond donors (Lipinski definition) is 0. The van der Waals surface area contributed by atoms with Crippen LogP contribution in [0.15, 0.2) is 66.7 Å². The minimum absolute atomic E-state index is 0.634. The molecule has 0 unspecified atom stereocenters. The van der Waals surface area contributed by atoms with Crippen molar-refractivity contribution >= 4 is 28.1 Å². The molecule has 0 atom stereocenters. The number of carbonyl (C=O) groups is 1. The molecule has 2 nitrogen and oxygen atoms in total. The molecule has 0 amide bonds. The summed E-state index contributed by atoms with van der Waals surface area (Å²) in [4.78, 5) is 11.6. The summed E-state index contributed by atoms with van der Waals surface area (Å²) in [5, 5.41) is 2.27. The maximum absolute atomic E-state index is 11.6. The first-order valence-corrected chi connectivity index (χ1v) is 8.39. The highest BCUT2D eigenvalue weighted by Crippen LogP contribution is 2.30. The molecule has 0 spiro atoms. The summed E-state index contributed by atoms with van der Waals surface area (Å²) in [6, 6.07) is 22.1. The van der Waals surface area contributed by atoms with E-state index in [1.165, 1.54) is 10.9 Å². The Hall–Kier alpha value is -3.31. The van der Waals surface area contributed by atoms with Crippen LogP contribution in [0.25, 0.3) is 21.8 Å². The number of aromatic nitrogens is 1. The molecule has 0 saturated carbocycles. The maximum atomic E-state index is 11.6. The van der Waals surface area contributed by atoms with Crippen LogP contribution in [0.3, 0.4) is 0 Å². The molecule has 120 valence electrons. The molecule has 4 rings (SSSR count). The quantitative estimate of drug-likeness (QED) is 0.375. The normalized spacial score (nSPS) is 10.6. The standard InChI is InChI=1S/C23H17NO/c1-2-24-22-11-7-6-10-20(22)21-14-19(16-25)18(15-23(21)24)13-12-17-8-4-3-5-9-17/h3-11,14-16H,2H2,1H3. The van der Waals surface area contributed by atoms with Crippen LogP contribution in [0.4, 0.5) is 0 Å². The van der Waals surface area contributed by atoms with Gasteiger partial charge in [0.25, 0.3) is 0 Å². The van der Waals surface area contributed by atoms with Gasteiger partial charge in [0.15, 0.2) is 6.29 Å². The number of nitrogens with zero attached hydrogens (tertiary/aromatic N) is 1. The molecule has 0 N–H and O–H groups in total. The minimum Gasteiger partial charge on any atom is -0.341 e. The minimum atomic E-state index is 0.634. The monoisotopic (exact) mass is 323 g/mol. The Kier molecular flexibility index (Phi) is 3.84. The maximum Gasteiger partial charge on any atom is 0.151 e. The zero-order valence-corrected chi connectivity index (χ0v) is 14.0. The van der Waals surface area contributed by atoms with E-state index in [1.807, 2.05) is 54.6 Å². The first-order chi connectivity index (χ1) is 12.3. The summed E-state index contributed by atoms with van der Waals surface area (Å²) in [5.41, 5.74) is 4.64. The fraction of sp³-hybridized carbons (Fsp3) is 0.0870. The molecule has 0 fully saturated rings. The second-order valence-electron chi connectivity index (χ2n) is 5.95. The molecule has 1 heterocycles. The third-order valence-corrected chi connectivity index (χ3v) is 4.50. The first kappa shape index (κ1) is 15.2. The molecule has 0 radical (unpaired) electrons. The lowest BCUT2D eigenvalue weighted by atomic mass is 10.0. The van der Waals surface area contributed by atoms with Gasteiger partial charge in [-0.15, -0.1) is 0 Å². The molecule has 25 heavy (non-hydrogen) atoms. The van der Waals surface area contributed by atoms with E-state index in [0.29, 0.717) is 5.56 Å². The lowest BCUT2D eigenvalue weighted by Gasteiger charge is -2.04. The third kappa shape index (κ3) is 2.60. The van der Waals surface area contributed by atoms with E-state index in [2.05, 4.69) is 35.5 Å². The lowest BCUT2D eigenvalue weighted by Crippen LogP contribution is -1.95. The number of aryl methyl sites for hydroxylation is 1. The van der Waals surface area contributed by atoms with Gasteiger partial charge in [0.05, 0.1) is 5.52 Å². The summed E-state index contributed by atoms with van der Waals surface area (Å²) in [7, 11) is 0. The van der Waals surface area contributed by atoms with E-state index >= 15 is 0 Å². The summed E-state index contributed by atoms with van der Waals surface area (Å²) in [6.45, 7) is 3.00. The molecule has 2 heteroatoms. The number of para-hydroxylation sites is 1. The molecule has 1 aromatic heterocycles. The predicted molar refractivity (Wildman–Crippen MR) is 103 cm³/mol. The third-order valence-electron chi connectivity index (χ3n) is 4.50. The Balaban J connectivity index is 1.98. The average Bonchev–Trinajstić information content (AvgIpc) is 2.99. The Morgan fingerprint density at radius 1 is 0.880 bits per heavy atom. The topological polar surface area (TPSA) is 22.0 Å². The summed E-state index contributed by atoms with van der Waals surface area (Å²) >= 11 is 0. The molecule has 0 aliphatic carbocycles. The van der Waals surface area contributed by atoms with Crippen molar-refractivity contribution in [2.24, 2.45) is 0 Å². The molecular formula is C23H17NO. The SMILES string of the molecule is CCn1c2ccccc2c2cc(C=O)c(C#Cc3ccccc3)cc21. The number of aldehydes is 1. The zero-order valence-electron chi connectivity index (χ0n) is 14.0. The first-order valence-electron chi connectivity index (χ1n) is 8.39. The van der Waals surface area contributed by atoms with E-state index < -0.39 is 0 Å². The average molecular weight is 323 g/mol. The van der Waals surface area contributed by atoms with Crippen LogP contribution in [0.1, 0.15) is 28.4 Å². The molecule has 0 aliphatic heterocycles. The second kappa shape index (κ2) is 6.30. The van der Waals surface area contributed by atoms with Gasteiger partial charge >= 0.3 is 0 Å². The van der Waals surface area contributed by atoms with E-state index in [-0.39, 0.29) is 0 Å². The Bertz CT molecular complexity index is 1140. The van der Waals surface area contributed by atoms with Crippen molar-refractivity contribution in [1.29, 1.82) is 0 Å². The Labute approximate surface area is 146 Å². The number of fused-ring (bicyclic) bond motifs is 3. The van der Waals surface area contributed by atoms with Crippen LogP contribution in [-0.4, -0.2) is 10.9 Å². The van der Waals surface area contributed by atoms with Crippen LogP contribution >= 0.6 is 0 Å². The summed E-state index contributed by atoms with van der Waals surface area (Å²) in [6.07, 6.45) is 0.895. The van der Waals surface area contributed by atoms with Gasteiger partial charge in [0, 0.05) is 39.5 Å². The summed E-state index contributed by atoms with van der Waals surface area (Å²) in [5.74, 6) is 6.33. The van der Waals surface area contributed by atoms with Crippen molar-refractivity contribution in [3.63, 3.8) is 0 Å². The van der Waals surface area contributed by atoms with E-state index in [1.54, 1.807) is 0 Å². The van der Waals surface area contributed by atoms with Crippen molar-refractivity contribution < 1.29 is 4.79 Å². The summed E-state index contributed by atoms with van der Waals surface area (Å²) < 4.78 is 2.27. The van der Waals surface area contributed by atoms with Gasteiger partial charge in [-0.25, -0.2) is 0 Å². The highest BCUT2D eigenvalue weighted by molar-refractivity contribution is 6.10. The van der Waals surface area contributed by atoms with Gasteiger partial charge in [0.2, 0.25) is 0 Å². The number of carbonyl (C=O) groups excluding carboxylic acids is 1. The number of benzene rings is 3. The Morgan fingerprint density at radius 3 is 2.40 bits per heavy atom.